The van der Waals surface area contributed by atoms with Crippen molar-refractivity contribution in [1.29, 1.82) is 0 Å². The summed E-state index contributed by atoms with van der Waals surface area (Å²) in [6, 6.07) is 22.4. The smallest absolute Gasteiger partial charge is 0.133 e. The highest BCUT2D eigenvalue weighted by Gasteiger charge is 2.32. The molecule has 1 unspecified atom stereocenters. The molecular formula is C21H18ClNO. The summed E-state index contributed by atoms with van der Waals surface area (Å²) < 4.78 is 6.19. The maximum atomic E-state index is 6.57. The highest BCUT2D eigenvalue weighted by Crippen LogP contribution is 2.51. The van der Waals surface area contributed by atoms with E-state index in [1.807, 2.05) is 42.5 Å². The van der Waals surface area contributed by atoms with Crippen LogP contribution < -0.4 is 9.64 Å². The Bertz CT molecular complexity index is 893. The van der Waals surface area contributed by atoms with Crippen molar-refractivity contribution in [3.63, 3.8) is 0 Å². The quantitative estimate of drug-likeness (QED) is 0.466. The first-order valence-corrected chi connectivity index (χ1v) is 8.36. The molecule has 0 saturated heterocycles. The number of rotatable bonds is 2. The van der Waals surface area contributed by atoms with E-state index in [4.69, 9.17) is 16.3 Å². The van der Waals surface area contributed by atoms with Crippen LogP contribution in [0.2, 0.25) is 5.02 Å². The zero-order chi connectivity index (χ0) is 16.7. The summed E-state index contributed by atoms with van der Waals surface area (Å²) in [5.41, 5.74) is 4.55. The van der Waals surface area contributed by atoms with Gasteiger partial charge in [0.1, 0.15) is 11.5 Å². The summed E-state index contributed by atoms with van der Waals surface area (Å²) in [6.07, 6.45) is 0. The van der Waals surface area contributed by atoms with Crippen molar-refractivity contribution in [3.05, 3.63) is 88.4 Å². The van der Waals surface area contributed by atoms with Crippen LogP contribution >= 0.6 is 11.6 Å². The largest absolute Gasteiger partial charge is 0.457 e. The second kappa shape index (κ2) is 5.88. The van der Waals surface area contributed by atoms with Gasteiger partial charge in [-0.3, -0.25) is 0 Å². The van der Waals surface area contributed by atoms with Crippen molar-refractivity contribution < 1.29 is 4.74 Å². The van der Waals surface area contributed by atoms with Crippen LogP contribution in [0.15, 0.2) is 66.7 Å². The van der Waals surface area contributed by atoms with Crippen LogP contribution in [0.3, 0.4) is 0 Å². The third kappa shape index (κ3) is 2.35. The third-order valence-corrected chi connectivity index (χ3v) is 4.82. The number of anilines is 1. The molecule has 2 nitrogen and oxygen atoms in total. The molecule has 0 fully saturated rings. The van der Waals surface area contributed by atoms with Crippen molar-refractivity contribution in [3.8, 4) is 11.5 Å². The molecule has 3 aromatic carbocycles. The van der Waals surface area contributed by atoms with E-state index < -0.39 is 0 Å². The molecule has 0 bridgehead atoms. The lowest BCUT2D eigenvalue weighted by Crippen LogP contribution is -2.18. The molecule has 0 aromatic heterocycles. The Morgan fingerprint density at radius 2 is 1.46 bits per heavy atom. The molecule has 1 heterocycles. The van der Waals surface area contributed by atoms with Crippen LogP contribution in [-0.2, 0) is 0 Å². The summed E-state index contributed by atoms with van der Waals surface area (Å²) in [7, 11) is 4.11. The van der Waals surface area contributed by atoms with Gasteiger partial charge in [-0.15, -0.1) is 0 Å². The minimum atomic E-state index is 0.0530. The molecule has 0 radical (unpaired) electrons. The lowest BCUT2D eigenvalue weighted by molar-refractivity contribution is 0.453. The second-order valence-corrected chi connectivity index (χ2v) is 6.58. The first kappa shape index (κ1) is 15.1. The SMILES string of the molecule is CN(C)c1cccc2c1C(c1ccccc1Cl)c1ccccc1O2. The minimum absolute atomic E-state index is 0.0530. The van der Waals surface area contributed by atoms with Gasteiger partial charge in [0, 0.05) is 41.9 Å². The zero-order valence-electron chi connectivity index (χ0n) is 13.7. The molecule has 0 amide bonds. The maximum Gasteiger partial charge on any atom is 0.133 e. The van der Waals surface area contributed by atoms with E-state index in [9.17, 15) is 0 Å². The van der Waals surface area contributed by atoms with Gasteiger partial charge in [-0.25, -0.2) is 0 Å². The summed E-state index contributed by atoms with van der Waals surface area (Å²) >= 11 is 6.57. The topological polar surface area (TPSA) is 12.5 Å². The van der Waals surface area contributed by atoms with Gasteiger partial charge in [0.25, 0.3) is 0 Å². The fourth-order valence-corrected chi connectivity index (χ4v) is 3.66. The average molecular weight is 336 g/mol. The molecule has 0 aliphatic carbocycles. The van der Waals surface area contributed by atoms with Gasteiger partial charge in [-0.05, 0) is 29.8 Å². The van der Waals surface area contributed by atoms with E-state index in [0.717, 1.165) is 38.9 Å². The number of hydrogen-bond donors (Lipinski definition) is 0. The van der Waals surface area contributed by atoms with Crippen LogP contribution in [0.1, 0.15) is 22.6 Å². The molecule has 120 valence electrons. The Morgan fingerprint density at radius 1 is 0.792 bits per heavy atom. The fraction of sp³-hybridized carbons (Fsp3) is 0.143. The predicted molar refractivity (Wildman–Crippen MR) is 99.7 cm³/mol. The standard InChI is InChI=1S/C21H18ClNO/c1-23(2)17-11-7-13-19-21(17)20(14-8-3-5-10-16(14)22)15-9-4-6-12-18(15)24-19/h3-13,20H,1-2H3. The normalized spacial score (nSPS) is 15.2. The van der Waals surface area contributed by atoms with Crippen LogP contribution in [0, 0.1) is 0 Å². The van der Waals surface area contributed by atoms with E-state index in [-0.39, 0.29) is 5.92 Å². The molecule has 24 heavy (non-hydrogen) atoms. The van der Waals surface area contributed by atoms with Gasteiger partial charge in [-0.2, -0.15) is 0 Å². The summed E-state index contributed by atoms with van der Waals surface area (Å²) in [5.74, 6) is 1.84. The van der Waals surface area contributed by atoms with Crippen LogP contribution in [-0.4, -0.2) is 14.1 Å². The molecule has 1 aliphatic rings. The lowest BCUT2D eigenvalue weighted by Gasteiger charge is -2.32. The monoisotopic (exact) mass is 335 g/mol. The molecule has 1 atom stereocenters. The predicted octanol–water partition coefficient (Wildman–Crippen LogP) is 5.69. The highest BCUT2D eigenvalue weighted by molar-refractivity contribution is 6.31. The lowest BCUT2D eigenvalue weighted by atomic mass is 9.81. The number of nitrogens with zero attached hydrogens (tertiary/aromatic N) is 1. The fourth-order valence-electron chi connectivity index (χ4n) is 3.42. The van der Waals surface area contributed by atoms with Crippen LogP contribution in [0.5, 0.6) is 11.5 Å². The Labute approximate surface area is 147 Å². The van der Waals surface area contributed by atoms with Gasteiger partial charge in [-0.1, -0.05) is 54.1 Å². The molecule has 3 heteroatoms. The molecule has 0 saturated carbocycles. The number of ether oxygens (including phenoxy) is 1. The van der Waals surface area contributed by atoms with Gasteiger partial charge in [0.05, 0.1) is 0 Å². The third-order valence-electron chi connectivity index (χ3n) is 4.48. The number of hydrogen-bond acceptors (Lipinski definition) is 2. The van der Waals surface area contributed by atoms with E-state index >= 15 is 0 Å². The molecule has 1 aliphatic heterocycles. The van der Waals surface area contributed by atoms with Crippen LogP contribution in [0.4, 0.5) is 5.69 Å². The average Bonchev–Trinajstić information content (AvgIpc) is 2.60. The first-order valence-electron chi connectivity index (χ1n) is 7.98. The van der Waals surface area contributed by atoms with Crippen LogP contribution in [0.25, 0.3) is 0 Å². The van der Waals surface area contributed by atoms with Crippen molar-refractivity contribution in [1.82, 2.24) is 0 Å². The molecular weight excluding hydrogens is 318 g/mol. The van der Waals surface area contributed by atoms with Gasteiger partial charge >= 0.3 is 0 Å². The Morgan fingerprint density at radius 3 is 2.21 bits per heavy atom. The Balaban J connectivity index is 2.04. The number of benzene rings is 3. The van der Waals surface area contributed by atoms with E-state index in [1.54, 1.807) is 0 Å². The van der Waals surface area contributed by atoms with Crippen molar-refractivity contribution >= 4 is 17.3 Å². The number of fused-ring (bicyclic) bond motifs is 2. The number of para-hydroxylation sites is 1. The Hall–Kier alpha value is -2.45. The Kier molecular flexibility index (Phi) is 3.70. The molecule has 0 spiro atoms. The van der Waals surface area contributed by atoms with Crippen molar-refractivity contribution in [2.24, 2.45) is 0 Å². The van der Waals surface area contributed by atoms with E-state index in [2.05, 4.69) is 43.3 Å². The summed E-state index contributed by atoms with van der Waals surface area (Å²) in [6.45, 7) is 0. The second-order valence-electron chi connectivity index (χ2n) is 6.18. The number of halogens is 1. The zero-order valence-corrected chi connectivity index (χ0v) is 14.4. The van der Waals surface area contributed by atoms with Crippen molar-refractivity contribution in [2.45, 2.75) is 5.92 Å². The van der Waals surface area contributed by atoms with Gasteiger partial charge in [0.2, 0.25) is 0 Å². The van der Waals surface area contributed by atoms with E-state index in [1.165, 1.54) is 0 Å². The van der Waals surface area contributed by atoms with E-state index in [0.29, 0.717) is 0 Å². The van der Waals surface area contributed by atoms with Gasteiger partial charge in [0.15, 0.2) is 0 Å². The summed E-state index contributed by atoms with van der Waals surface area (Å²) in [5, 5.41) is 0.777. The maximum absolute atomic E-state index is 6.57. The van der Waals surface area contributed by atoms with Gasteiger partial charge < -0.3 is 9.64 Å². The molecule has 4 rings (SSSR count). The summed E-state index contributed by atoms with van der Waals surface area (Å²) in [4.78, 5) is 2.12. The molecule has 0 N–H and O–H groups in total. The highest BCUT2D eigenvalue weighted by atomic mass is 35.5. The first-order chi connectivity index (χ1) is 11.7. The molecule has 3 aromatic rings. The minimum Gasteiger partial charge on any atom is -0.457 e. The van der Waals surface area contributed by atoms with Crippen molar-refractivity contribution in [2.75, 3.05) is 19.0 Å².